The monoisotopic (exact) mass is 235 g/mol. The van der Waals surface area contributed by atoms with Gasteiger partial charge in [0.1, 0.15) is 5.75 Å². The number of anilines is 1. The van der Waals surface area contributed by atoms with Crippen molar-refractivity contribution in [2.24, 2.45) is 5.92 Å². The Morgan fingerprint density at radius 2 is 1.94 bits per heavy atom. The van der Waals surface area contributed by atoms with E-state index in [9.17, 15) is 0 Å². The summed E-state index contributed by atoms with van der Waals surface area (Å²) >= 11 is 0. The molecule has 0 amide bonds. The fourth-order valence-electron chi connectivity index (χ4n) is 2.06. The highest BCUT2D eigenvalue weighted by molar-refractivity contribution is 5.58. The van der Waals surface area contributed by atoms with Gasteiger partial charge in [0.15, 0.2) is 0 Å². The zero-order chi connectivity index (χ0) is 12.8. The lowest BCUT2D eigenvalue weighted by molar-refractivity contribution is 0.341. The molecule has 0 aliphatic rings. The molecule has 0 radical (unpaired) electrons. The van der Waals surface area contributed by atoms with Crippen molar-refractivity contribution in [3.8, 4) is 5.75 Å². The van der Waals surface area contributed by atoms with Crippen LogP contribution in [0, 0.1) is 12.8 Å². The van der Waals surface area contributed by atoms with Gasteiger partial charge < -0.3 is 10.1 Å². The maximum absolute atomic E-state index is 5.66. The molecule has 96 valence electrons. The van der Waals surface area contributed by atoms with E-state index < -0.39 is 0 Å². The van der Waals surface area contributed by atoms with E-state index in [4.69, 9.17) is 4.74 Å². The summed E-state index contributed by atoms with van der Waals surface area (Å²) in [6.45, 7) is 11.5. The topological polar surface area (TPSA) is 21.3 Å². The Hall–Kier alpha value is -1.18. The van der Waals surface area contributed by atoms with Crippen LogP contribution < -0.4 is 10.1 Å². The molecule has 1 aromatic carbocycles. The lowest BCUT2D eigenvalue weighted by atomic mass is 10.0. The molecule has 2 heteroatoms. The normalized spacial score (nSPS) is 12.6. The summed E-state index contributed by atoms with van der Waals surface area (Å²) in [5, 5.41) is 3.53. The summed E-state index contributed by atoms with van der Waals surface area (Å²) in [6, 6.07) is 6.79. The Morgan fingerprint density at radius 1 is 1.24 bits per heavy atom. The van der Waals surface area contributed by atoms with Crippen LogP contribution in [0.2, 0.25) is 0 Å². The molecule has 0 fully saturated rings. The predicted octanol–water partition coefficient (Wildman–Crippen LogP) is 4.24. The summed E-state index contributed by atoms with van der Waals surface area (Å²) in [5.41, 5.74) is 2.33. The Kier molecular flexibility index (Phi) is 5.33. The minimum atomic E-state index is 0.469. The lowest BCUT2D eigenvalue weighted by Crippen LogP contribution is -2.18. The highest BCUT2D eigenvalue weighted by atomic mass is 16.5. The van der Waals surface area contributed by atoms with E-state index in [2.05, 4.69) is 51.2 Å². The van der Waals surface area contributed by atoms with Crippen LogP contribution in [0.15, 0.2) is 18.2 Å². The SMILES string of the molecule is CCOc1cc(C)ccc1NC(C)CC(C)C. The number of rotatable bonds is 6. The van der Waals surface area contributed by atoms with Crippen LogP contribution in [0.25, 0.3) is 0 Å². The van der Waals surface area contributed by atoms with Crippen LogP contribution >= 0.6 is 0 Å². The molecule has 0 saturated heterocycles. The number of nitrogens with one attached hydrogen (secondary N) is 1. The van der Waals surface area contributed by atoms with Crippen LogP contribution in [0.3, 0.4) is 0 Å². The second kappa shape index (κ2) is 6.53. The first-order valence-electron chi connectivity index (χ1n) is 6.53. The first-order chi connectivity index (χ1) is 8.02. The van der Waals surface area contributed by atoms with Crippen molar-refractivity contribution in [2.75, 3.05) is 11.9 Å². The van der Waals surface area contributed by atoms with Gasteiger partial charge in [-0.1, -0.05) is 19.9 Å². The Labute approximate surface area is 105 Å². The summed E-state index contributed by atoms with van der Waals surface area (Å²) < 4.78 is 5.66. The van der Waals surface area contributed by atoms with Crippen LogP contribution in [0.5, 0.6) is 5.75 Å². The molecule has 0 spiro atoms. The first-order valence-corrected chi connectivity index (χ1v) is 6.53. The molecule has 2 nitrogen and oxygen atoms in total. The van der Waals surface area contributed by atoms with Gasteiger partial charge in [-0.05, 0) is 50.8 Å². The minimum absolute atomic E-state index is 0.469. The van der Waals surface area contributed by atoms with Crippen molar-refractivity contribution in [3.63, 3.8) is 0 Å². The average Bonchev–Trinajstić information content (AvgIpc) is 2.21. The van der Waals surface area contributed by atoms with Crippen LogP contribution in [-0.4, -0.2) is 12.6 Å². The van der Waals surface area contributed by atoms with Crippen molar-refractivity contribution in [1.29, 1.82) is 0 Å². The van der Waals surface area contributed by atoms with Crippen molar-refractivity contribution >= 4 is 5.69 Å². The Morgan fingerprint density at radius 3 is 2.53 bits per heavy atom. The first kappa shape index (κ1) is 13.9. The molecular weight excluding hydrogens is 210 g/mol. The number of benzene rings is 1. The van der Waals surface area contributed by atoms with Gasteiger partial charge in [0.2, 0.25) is 0 Å². The van der Waals surface area contributed by atoms with E-state index in [0.29, 0.717) is 18.6 Å². The summed E-state index contributed by atoms with van der Waals surface area (Å²) in [6.07, 6.45) is 1.17. The van der Waals surface area contributed by atoms with Gasteiger partial charge in [-0.25, -0.2) is 0 Å². The molecule has 0 bridgehead atoms. The number of ether oxygens (including phenoxy) is 1. The zero-order valence-corrected chi connectivity index (χ0v) is 11.7. The van der Waals surface area contributed by atoms with Crippen LogP contribution in [0.1, 0.15) is 39.7 Å². The summed E-state index contributed by atoms with van der Waals surface area (Å²) in [4.78, 5) is 0. The molecule has 0 heterocycles. The molecule has 0 saturated carbocycles. The van der Waals surface area contributed by atoms with Crippen LogP contribution in [0.4, 0.5) is 5.69 Å². The van der Waals surface area contributed by atoms with E-state index in [-0.39, 0.29) is 0 Å². The van der Waals surface area contributed by atoms with E-state index in [1.165, 1.54) is 12.0 Å². The van der Waals surface area contributed by atoms with Crippen molar-refractivity contribution in [3.05, 3.63) is 23.8 Å². The van der Waals surface area contributed by atoms with E-state index >= 15 is 0 Å². The molecule has 1 atom stereocenters. The van der Waals surface area contributed by atoms with Gasteiger partial charge in [0.25, 0.3) is 0 Å². The van der Waals surface area contributed by atoms with E-state index in [0.717, 1.165) is 11.4 Å². The van der Waals surface area contributed by atoms with Gasteiger partial charge in [-0.2, -0.15) is 0 Å². The molecule has 1 aromatic rings. The third-order valence-corrected chi connectivity index (χ3v) is 2.66. The second-order valence-electron chi connectivity index (χ2n) is 5.11. The number of hydrogen-bond donors (Lipinski definition) is 1. The van der Waals surface area contributed by atoms with Crippen molar-refractivity contribution < 1.29 is 4.74 Å². The summed E-state index contributed by atoms with van der Waals surface area (Å²) in [5.74, 6) is 1.67. The highest BCUT2D eigenvalue weighted by Crippen LogP contribution is 2.27. The molecule has 1 unspecified atom stereocenters. The lowest BCUT2D eigenvalue weighted by Gasteiger charge is -2.20. The van der Waals surface area contributed by atoms with Gasteiger partial charge >= 0.3 is 0 Å². The van der Waals surface area contributed by atoms with Crippen LogP contribution in [-0.2, 0) is 0 Å². The van der Waals surface area contributed by atoms with E-state index in [1.54, 1.807) is 0 Å². The smallest absolute Gasteiger partial charge is 0.142 e. The van der Waals surface area contributed by atoms with Crippen molar-refractivity contribution in [1.82, 2.24) is 0 Å². The maximum Gasteiger partial charge on any atom is 0.142 e. The fraction of sp³-hybridized carbons (Fsp3) is 0.600. The molecule has 1 rings (SSSR count). The third-order valence-electron chi connectivity index (χ3n) is 2.66. The van der Waals surface area contributed by atoms with E-state index in [1.807, 2.05) is 6.92 Å². The largest absolute Gasteiger partial charge is 0.492 e. The second-order valence-corrected chi connectivity index (χ2v) is 5.11. The maximum atomic E-state index is 5.66. The van der Waals surface area contributed by atoms with Gasteiger partial charge in [-0.15, -0.1) is 0 Å². The fourth-order valence-corrected chi connectivity index (χ4v) is 2.06. The van der Waals surface area contributed by atoms with Crippen molar-refractivity contribution in [2.45, 2.75) is 47.1 Å². The molecule has 17 heavy (non-hydrogen) atoms. The molecule has 0 aliphatic carbocycles. The minimum Gasteiger partial charge on any atom is -0.492 e. The number of aryl methyl sites for hydroxylation is 1. The molecule has 0 aliphatic heterocycles. The number of hydrogen-bond acceptors (Lipinski definition) is 2. The average molecular weight is 235 g/mol. The Bertz CT molecular complexity index is 347. The van der Waals surface area contributed by atoms with Gasteiger partial charge in [-0.3, -0.25) is 0 Å². The highest BCUT2D eigenvalue weighted by Gasteiger charge is 2.08. The standard InChI is InChI=1S/C15H25NO/c1-6-17-15-10-12(4)7-8-14(15)16-13(5)9-11(2)3/h7-8,10-11,13,16H,6,9H2,1-5H3. The third kappa shape index (κ3) is 4.68. The molecular formula is C15H25NO. The predicted molar refractivity (Wildman–Crippen MR) is 74.9 cm³/mol. The quantitative estimate of drug-likeness (QED) is 0.796. The van der Waals surface area contributed by atoms with Gasteiger partial charge in [0.05, 0.1) is 12.3 Å². The zero-order valence-electron chi connectivity index (χ0n) is 11.7. The molecule has 0 aromatic heterocycles. The van der Waals surface area contributed by atoms with Gasteiger partial charge in [0, 0.05) is 6.04 Å². The molecule has 1 N–H and O–H groups in total. The summed E-state index contributed by atoms with van der Waals surface area (Å²) in [7, 11) is 0. The Balaban J connectivity index is 2.75.